The van der Waals surface area contributed by atoms with E-state index >= 15 is 0 Å². The third-order valence-corrected chi connectivity index (χ3v) is 5.82. The molecule has 1 unspecified atom stereocenters. The van der Waals surface area contributed by atoms with E-state index in [4.69, 9.17) is 4.99 Å². The first kappa shape index (κ1) is 14.7. The lowest BCUT2D eigenvalue weighted by Crippen LogP contribution is -2.28. The van der Waals surface area contributed by atoms with Gasteiger partial charge in [-0.3, -0.25) is 4.99 Å². The molecule has 0 saturated carbocycles. The molecule has 2 heterocycles. The van der Waals surface area contributed by atoms with Gasteiger partial charge < -0.3 is 5.32 Å². The van der Waals surface area contributed by atoms with E-state index < -0.39 is 0 Å². The Morgan fingerprint density at radius 1 is 1.14 bits per heavy atom. The van der Waals surface area contributed by atoms with Gasteiger partial charge in [0.25, 0.3) is 0 Å². The summed E-state index contributed by atoms with van der Waals surface area (Å²) < 4.78 is 0. The number of hydrogen-bond donors (Lipinski definition) is 1. The second-order valence-corrected chi connectivity index (χ2v) is 7.45. The van der Waals surface area contributed by atoms with Crippen LogP contribution in [0.2, 0.25) is 0 Å². The molecule has 0 amide bonds. The van der Waals surface area contributed by atoms with Gasteiger partial charge in [-0.05, 0) is 30.5 Å². The Hall–Kier alpha value is -1.26. The SMILES string of the molecule is CCc1ccc(CN=C2NC(Cc3ccccc3)CS2)s1. The van der Waals surface area contributed by atoms with Crippen molar-refractivity contribution in [3.63, 3.8) is 0 Å². The summed E-state index contributed by atoms with van der Waals surface area (Å²) in [7, 11) is 0. The largest absolute Gasteiger partial charge is 0.361 e. The molecular weight excluding hydrogens is 296 g/mol. The summed E-state index contributed by atoms with van der Waals surface area (Å²) in [6.45, 7) is 3.00. The van der Waals surface area contributed by atoms with Crippen LogP contribution in [0, 0.1) is 0 Å². The summed E-state index contributed by atoms with van der Waals surface area (Å²) in [6.07, 6.45) is 2.19. The van der Waals surface area contributed by atoms with Crippen molar-refractivity contribution in [1.29, 1.82) is 0 Å². The molecule has 0 aliphatic carbocycles. The van der Waals surface area contributed by atoms with Crippen LogP contribution in [-0.2, 0) is 19.4 Å². The molecule has 1 saturated heterocycles. The van der Waals surface area contributed by atoms with Gasteiger partial charge in [0, 0.05) is 21.5 Å². The Bertz CT molecular complexity index is 604. The topological polar surface area (TPSA) is 24.4 Å². The Labute approximate surface area is 134 Å². The molecule has 0 spiro atoms. The van der Waals surface area contributed by atoms with Gasteiger partial charge in [0.2, 0.25) is 0 Å². The predicted octanol–water partition coefficient (Wildman–Crippen LogP) is 4.11. The molecule has 2 aromatic rings. The maximum Gasteiger partial charge on any atom is 0.157 e. The Kier molecular flexibility index (Phi) is 4.99. The summed E-state index contributed by atoms with van der Waals surface area (Å²) in [5.41, 5.74) is 1.39. The Morgan fingerprint density at radius 2 is 1.95 bits per heavy atom. The molecule has 2 nitrogen and oxygen atoms in total. The number of aryl methyl sites for hydroxylation is 1. The van der Waals surface area contributed by atoms with Gasteiger partial charge in [0.15, 0.2) is 5.17 Å². The van der Waals surface area contributed by atoms with Gasteiger partial charge in [0.05, 0.1) is 6.54 Å². The minimum absolute atomic E-state index is 0.505. The molecule has 0 radical (unpaired) electrons. The number of nitrogens with zero attached hydrogens (tertiary/aromatic N) is 1. The van der Waals surface area contributed by atoms with Crippen molar-refractivity contribution in [2.45, 2.75) is 32.4 Å². The number of aliphatic imine (C=N–C) groups is 1. The van der Waals surface area contributed by atoms with Gasteiger partial charge in [-0.2, -0.15) is 0 Å². The minimum atomic E-state index is 0.505. The molecule has 1 atom stereocenters. The fourth-order valence-electron chi connectivity index (χ4n) is 2.38. The third kappa shape index (κ3) is 4.11. The molecule has 1 aromatic heterocycles. The normalized spacial score (nSPS) is 19.9. The number of thioether (sulfide) groups is 1. The smallest absolute Gasteiger partial charge is 0.157 e. The van der Waals surface area contributed by atoms with Crippen molar-refractivity contribution in [1.82, 2.24) is 5.32 Å². The highest BCUT2D eigenvalue weighted by atomic mass is 32.2. The average Bonchev–Trinajstić information content (AvgIpc) is 3.15. The van der Waals surface area contributed by atoms with E-state index in [1.54, 1.807) is 0 Å². The molecule has 110 valence electrons. The lowest BCUT2D eigenvalue weighted by atomic mass is 10.1. The summed E-state index contributed by atoms with van der Waals surface area (Å²) in [5.74, 6) is 1.11. The van der Waals surface area contributed by atoms with Crippen LogP contribution in [0.4, 0.5) is 0 Å². The third-order valence-electron chi connectivity index (χ3n) is 3.52. The van der Waals surface area contributed by atoms with E-state index in [0.717, 1.165) is 30.3 Å². The number of nitrogens with one attached hydrogen (secondary N) is 1. The Balaban J connectivity index is 1.53. The molecule has 1 fully saturated rings. The second-order valence-electron chi connectivity index (χ2n) is 5.18. The van der Waals surface area contributed by atoms with Crippen LogP contribution in [-0.4, -0.2) is 17.0 Å². The van der Waals surface area contributed by atoms with Crippen molar-refractivity contribution in [3.05, 3.63) is 57.8 Å². The maximum absolute atomic E-state index is 4.71. The molecule has 1 aromatic carbocycles. The minimum Gasteiger partial charge on any atom is -0.361 e. The lowest BCUT2D eigenvalue weighted by Gasteiger charge is -2.09. The highest BCUT2D eigenvalue weighted by molar-refractivity contribution is 8.14. The van der Waals surface area contributed by atoms with Crippen molar-refractivity contribution in [2.75, 3.05) is 5.75 Å². The van der Waals surface area contributed by atoms with Crippen molar-refractivity contribution < 1.29 is 0 Å². The van der Waals surface area contributed by atoms with Crippen LogP contribution in [0.1, 0.15) is 22.2 Å². The van der Waals surface area contributed by atoms with Crippen LogP contribution < -0.4 is 5.32 Å². The lowest BCUT2D eigenvalue weighted by molar-refractivity contribution is 0.686. The summed E-state index contributed by atoms with van der Waals surface area (Å²) >= 11 is 3.72. The zero-order chi connectivity index (χ0) is 14.5. The zero-order valence-corrected chi connectivity index (χ0v) is 13.8. The molecule has 1 aliphatic heterocycles. The number of amidine groups is 1. The van der Waals surface area contributed by atoms with Gasteiger partial charge in [-0.25, -0.2) is 0 Å². The highest BCUT2D eigenvalue weighted by Gasteiger charge is 2.20. The van der Waals surface area contributed by atoms with Crippen molar-refractivity contribution >= 4 is 28.3 Å². The predicted molar refractivity (Wildman–Crippen MR) is 94.4 cm³/mol. The summed E-state index contributed by atoms with van der Waals surface area (Å²) in [4.78, 5) is 7.51. The first-order chi connectivity index (χ1) is 10.3. The number of thiophene rings is 1. The first-order valence-corrected chi connectivity index (χ1v) is 9.19. The van der Waals surface area contributed by atoms with Gasteiger partial charge in [-0.1, -0.05) is 49.0 Å². The van der Waals surface area contributed by atoms with E-state index in [0.29, 0.717) is 6.04 Å². The monoisotopic (exact) mass is 316 g/mol. The average molecular weight is 316 g/mol. The molecule has 1 aliphatic rings. The van der Waals surface area contributed by atoms with Crippen LogP contribution in [0.15, 0.2) is 47.5 Å². The van der Waals surface area contributed by atoms with E-state index in [9.17, 15) is 0 Å². The van der Waals surface area contributed by atoms with Crippen LogP contribution in [0.3, 0.4) is 0 Å². The van der Waals surface area contributed by atoms with E-state index in [1.165, 1.54) is 15.3 Å². The van der Waals surface area contributed by atoms with Gasteiger partial charge >= 0.3 is 0 Å². The molecular formula is C17H20N2S2. The van der Waals surface area contributed by atoms with Crippen LogP contribution in [0.25, 0.3) is 0 Å². The summed E-state index contributed by atoms with van der Waals surface area (Å²) in [5, 5.41) is 4.65. The first-order valence-electron chi connectivity index (χ1n) is 7.39. The summed E-state index contributed by atoms with van der Waals surface area (Å²) in [6, 6.07) is 15.6. The van der Waals surface area contributed by atoms with Gasteiger partial charge in [0.1, 0.15) is 0 Å². The fourth-order valence-corrected chi connectivity index (χ4v) is 4.23. The highest BCUT2D eigenvalue weighted by Crippen LogP contribution is 2.21. The quantitative estimate of drug-likeness (QED) is 0.897. The van der Waals surface area contributed by atoms with E-state index in [-0.39, 0.29) is 0 Å². The van der Waals surface area contributed by atoms with Crippen molar-refractivity contribution in [3.8, 4) is 0 Å². The number of benzene rings is 1. The molecule has 3 rings (SSSR count). The number of rotatable bonds is 5. The molecule has 4 heteroatoms. The molecule has 1 N–H and O–H groups in total. The van der Waals surface area contributed by atoms with Crippen LogP contribution >= 0.6 is 23.1 Å². The molecule has 21 heavy (non-hydrogen) atoms. The van der Waals surface area contributed by atoms with Crippen LogP contribution in [0.5, 0.6) is 0 Å². The number of hydrogen-bond acceptors (Lipinski definition) is 3. The van der Waals surface area contributed by atoms with E-state index in [1.807, 2.05) is 23.1 Å². The fraction of sp³-hybridized carbons (Fsp3) is 0.353. The van der Waals surface area contributed by atoms with Gasteiger partial charge in [-0.15, -0.1) is 11.3 Å². The standard InChI is InChI=1S/C17H20N2S2/c1-2-15-8-9-16(21-15)11-18-17-19-14(12-20-17)10-13-6-4-3-5-7-13/h3-9,14H,2,10-12H2,1H3,(H,18,19). The maximum atomic E-state index is 4.71. The zero-order valence-electron chi connectivity index (χ0n) is 12.2. The second kappa shape index (κ2) is 7.14. The van der Waals surface area contributed by atoms with E-state index in [2.05, 4.69) is 54.7 Å². The van der Waals surface area contributed by atoms with Crippen molar-refractivity contribution in [2.24, 2.45) is 4.99 Å². The Morgan fingerprint density at radius 3 is 2.71 bits per heavy atom. The molecule has 0 bridgehead atoms.